The third kappa shape index (κ3) is 3.63. The minimum Gasteiger partial charge on any atom is -0.493 e. The Morgan fingerprint density at radius 1 is 0.906 bits per heavy atom. The summed E-state index contributed by atoms with van der Waals surface area (Å²) in [5.74, 6) is 0.840. The van der Waals surface area contributed by atoms with Crippen LogP contribution in [0.2, 0.25) is 0 Å². The summed E-state index contributed by atoms with van der Waals surface area (Å²) in [6, 6.07) is 22.8. The van der Waals surface area contributed by atoms with Crippen molar-refractivity contribution in [3.8, 4) is 17.1 Å². The van der Waals surface area contributed by atoms with Gasteiger partial charge in [-0.1, -0.05) is 30.3 Å². The monoisotopic (exact) mass is 425 g/mol. The Balaban J connectivity index is 1.50. The van der Waals surface area contributed by atoms with Crippen molar-refractivity contribution in [3.63, 3.8) is 0 Å². The van der Waals surface area contributed by atoms with Crippen LogP contribution in [0.15, 0.2) is 92.5 Å². The highest BCUT2D eigenvalue weighted by atomic mass is 16.5. The van der Waals surface area contributed by atoms with Gasteiger partial charge in [0.1, 0.15) is 22.7 Å². The molecule has 0 aliphatic heterocycles. The van der Waals surface area contributed by atoms with Crippen LogP contribution in [0.25, 0.3) is 33.3 Å². The van der Waals surface area contributed by atoms with Gasteiger partial charge in [-0.15, -0.1) is 0 Å². The molecule has 1 amide bonds. The predicted octanol–water partition coefficient (Wildman–Crippen LogP) is 5.86. The van der Waals surface area contributed by atoms with Gasteiger partial charge in [0.2, 0.25) is 0 Å². The van der Waals surface area contributed by atoms with Crippen LogP contribution in [0.4, 0.5) is 5.69 Å². The molecule has 0 bridgehead atoms. The molecule has 158 valence electrons. The average Bonchev–Trinajstić information content (AvgIpc) is 3.24. The zero-order valence-electron chi connectivity index (χ0n) is 17.3. The maximum Gasteiger partial charge on any atom is 0.291 e. The van der Waals surface area contributed by atoms with E-state index in [0.29, 0.717) is 45.9 Å². The molecule has 0 radical (unpaired) electrons. The Morgan fingerprint density at radius 2 is 1.72 bits per heavy atom. The van der Waals surface area contributed by atoms with E-state index in [1.165, 1.54) is 6.07 Å². The fourth-order valence-electron chi connectivity index (χ4n) is 3.60. The quantitative estimate of drug-likeness (QED) is 0.382. The van der Waals surface area contributed by atoms with Gasteiger partial charge in [0.15, 0.2) is 11.2 Å². The lowest BCUT2D eigenvalue weighted by Gasteiger charge is -2.10. The second kappa shape index (κ2) is 8.07. The first-order valence-corrected chi connectivity index (χ1v) is 10.2. The van der Waals surface area contributed by atoms with Crippen molar-refractivity contribution in [3.05, 3.63) is 94.8 Å². The van der Waals surface area contributed by atoms with E-state index in [1.54, 1.807) is 30.3 Å². The van der Waals surface area contributed by atoms with E-state index in [0.717, 1.165) is 5.39 Å². The topological polar surface area (TPSA) is 81.7 Å². The van der Waals surface area contributed by atoms with Crippen molar-refractivity contribution in [2.24, 2.45) is 0 Å². The van der Waals surface area contributed by atoms with Crippen LogP contribution in [-0.4, -0.2) is 12.5 Å². The number of carbonyl (C=O) groups is 1. The fraction of sp³-hybridized carbons (Fsp3) is 0.0769. The highest BCUT2D eigenvalue weighted by molar-refractivity contribution is 6.05. The van der Waals surface area contributed by atoms with Crippen LogP contribution >= 0.6 is 0 Å². The van der Waals surface area contributed by atoms with E-state index in [1.807, 2.05) is 49.4 Å². The number of anilines is 1. The first-order valence-electron chi connectivity index (χ1n) is 10.2. The first kappa shape index (κ1) is 19.6. The summed E-state index contributed by atoms with van der Waals surface area (Å²) in [6.07, 6.45) is 0. The number of ether oxygens (including phenoxy) is 1. The number of nitrogens with one attached hydrogen (secondary N) is 1. The van der Waals surface area contributed by atoms with E-state index in [-0.39, 0.29) is 17.1 Å². The number of para-hydroxylation sites is 2. The number of amides is 1. The Morgan fingerprint density at radius 3 is 2.56 bits per heavy atom. The average molecular weight is 425 g/mol. The van der Waals surface area contributed by atoms with Crippen molar-refractivity contribution in [2.75, 3.05) is 11.9 Å². The van der Waals surface area contributed by atoms with Crippen LogP contribution in [0, 0.1) is 0 Å². The third-order valence-corrected chi connectivity index (χ3v) is 5.09. The van der Waals surface area contributed by atoms with E-state index in [9.17, 15) is 9.59 Å². The molecular weight excluding hydrogens is 406 g/mol. The maximum absolute atomic E-state index is 12.7. The molecule has 32 heavy (non-hydrogen) atoms. The fourth-order valence-corrected chi connectivity index (χ4v) is 3.60. The standard InChI is InChI=1S/C26H19NO5/c1-2-30-22-10-6-4-8-19(22)24-15-20(28)18-12-11-17(14-23(18)32-24)27-26(29)25-13-16-7-3-5-9-21(16)31-25/h3-15H,2H2,1H3,(H,27,29). The van der Waals surface area contributed by atoms with Gasteiger partial charge in [-0.2, -0.15) is 0 Å². The summed E-state index contributed by atoms with van der Waals surface area (Å²) in [4.78, 5) is 25.4. The number of hydrogen-bond acceptors (Lipinski definition) is 5. The van der Waals surface area contributed by atoms with E-state index >= 15 is 0 Å². The molecule has 0 spiro atoms. The first-order chi connectivity index (χ1) is 15.6. The van der Waals surface area contributed by atoms with Crippen LogP contribution in [0.5, 0.6) is 5.75 Å². The SMILES string of the molecule is CCOc1ccccc1-c1cc(=O)c2ccc(NC(=O)c3cc4ccccc4o3)cc2o1. The van der Waals surface area contributed by atoms with Gasteiger partial charge in [0.05, 0.1) is 17.6 Å². The molecule has 0 aliphatic rings. The van der Waals surface area contributed by atoms with Crippen molar-refractivity contribution < 1.29 is 18.4 Å². The molecule has 5 aromatic rings. The number of benzene rings is 3. The lowest BCUT2D eigenvalue weighted by molar-refractivity contribution is 0.0998. The molecule has 0 saturated heterocycles. The molecule has 0 unspecified atom stereocenters. The molecule has 6 heteroatoms. The summed E-state index contributed by atoms with van der Waals surface area (Å²) >= 11 is 0. The molecule has 3 aromatic carbocycles. The number of furan rings is 1. The summed E-state index contributed by atoms with van der Waals surface area (Å²) in [5.41, 5.74) is 2.00. The molecule has 5 rings (SSSR count). The molecule has 0 atom stereocenters. The van der Waals surface area contributed by atoms with Crippen LogP contribution < -0.4 is 15.5 Å². The Kier molecular flexibility index (Phi) is 4.95. The van der Waals surface area contributed by atoms with Crippen molar-refractivity contribution in [1.29, 1.82) is 0 Å². The second-order valence-electron chi connectivity index (χ2n) is 7.22. The zero-order chi connectivity index (χ0) is 22.1. The molecule has 0 aliphatic carbocycles. The van der Waals surface area contributed by atoms with Gasteiger partial charge in [0.25, 0.3) is 5.91 Å². The summed E-state index contributed by atoms with van der Waals surface area (Å²) < 4.78 is 17.3. The zero-order valence-corrected chi connectivity index (χ0v) is 17.3. The maximum atomic E-state index is 12.7. The number of carbonyl (C=O) groups excluding carboxylic acids is 1. The lowest BCUT2D eigenvalue weighted by atomic mass is 10.1. The van der Waals surface area contributed by atoms with Crippen molar-refractivity contribution >= 4 is 33.5 Å². The lowest BCUT2D eigenvalue weighted by Crippen LogP contribution is -2.11. The molecule has 2 heterocycles. The smallest absolute Gasteiger partial charge is 0.291 e. The molecular formula is C26H19NO5. The summed E-state index contributed by atoms with van der Waals surface area (Å²) in [6.45, 7) is 2.39. The van der Waals surface area contributed by atoms with Crippen LogP contribution in [-0.2, 0) is 0 Å². The van der Waals surface area contributed by atoms with Crippen molar-refractivity contribution in [2.45, 2.75) is 6.92 Å². The number of fused-ring (bicyclic) bond motifs is 2. The number of rotatable bonds is 5. The van der Waals surface area contributed by atoms with Gasteiger partial charge < -0.3 is 18.9 Å². The van der Waals surface area contributed by atoms with Gasteiger partial charge in [-0.25, -0.2) is 0 Å². The summed E-state index contributed by atoms with van der Waals surface area (Å²) in [5, 5.41) is 4.07. The molecule has 1 N–H and O–H groups in total. The minimum atomic E-state index is -0.388. The van der Waals surface area contributed by atoms with Crippen molar-refractivity contribution in [1.82, 2.24) is 0 Å². The van der Waals surface area contributed by atoms with Gasteiger partial charge in [0, 0.05) is 23.2 Å². The number of hydrogen-bond donors (Lipinski definition) is 1. The highest BCUT2D eigenvalue weighted by Gasteiger charge is 2.15. The summed E-state index contributed by atoms with van der Waals surface area (Å²) in [7, 11) is 0. The van der Waals surface area contributed by atoms with E-state index < -0.39 is 0 Å². The van der Waals surface area contributed by atoms with E-state index in [2.05, 4.69) is 5.32 Å². The minimum absolute atomic E-state index is 0.178. The predicted molar refractivity (Wildman–Crippen MR) is 123 cm³/mol. The molecule has 6 nitrogen and oxygen atoms in total. The third-order valence-electron chi connectivity index (χ3n) is 5.09. The second-order valence-corrected chi connectivity index (χ2v) is 7.22. The van der Waals surface area contributed by atoms with Gasteiger partial charge in [-0.05, 0) is 43.3 Å². The highest BCUT2D eigenvalue weighted by Crippen LogP contribution is 2.31. The molecule has 0 saturated carbocycles. The Bertz CT molecular complexity index is 1480. The van der Waals surface area contributed by atoms with Crippen LogP contribution in [0.1, 0.15) is 17.5 Å². The van der Waals surface area contributed by atoms with Gasteiger partial charge >= 0.3 is 0 Å². The normalized spacial score (nSPS) is 11.0. The molecule has 2 aromatic heterocycles. The van der Waals surface area contributed by atoms with E-state index in [4.69, 9.17) is 13.6 Å². The van der Waals surface area contributed by atoms with Gasteiger partial charge in [-0.3, -0.25) is 9.59 Å². The Labute approximate surface area is 183 Å². The molecule has 0 fully saturated rings. The Hall–Kier alpha value is -4.32. The van der Waals surface area contributed by atoms with Crippen LogP contribution in [0.3, 0.4) is 0 Å². The largest absolute Gasteiger partial charge is 0.493 e.